The minimum Gasteiger partial charge on any atom is -0.340 e. The number of urea groups is 1. The zero-order chi connectivity index (χ0) is 22.4. The molecular formula is C22H33N5O4. The zero-order valence-corrected chi connectivity index (χ0v) is 18.5. The Morgan fingerprint density at radius 3 is 2.26 bits per heavy atom. The van der Waals surface area contributed by atoms with E-state index >= 15 is 0 Å². The minimum absolute atomic E-state index is 0.0101. The maximum absolute atomic E-state index is 13.0. The van der Waals surface area contributed by atoms with Crippen LogP contribution in [0.25, 0.3) is 0 Å². The highest BCUT2D eigenvalue weighted by Gasteiger charge is 2.32. The number of piperidine rings is 1. The molecule has 0 aromatic heterocycles. The number of benzene rings is 1. The Bertz CT molecular complexity index is 782. The number of hydrogen-bond donors (Lipinski definition) is 0. The number of hydrogen-bond acceptors (Lipinski definition) is 5. The highest BCUT2D eigenvalue weighted by Crippen LogP contribution is 2.22. The van der Waals surface area contributed by atoms with E-state index in [9.17, 15) is 19.7 Å². The summed E-state index contributed by atoms with van der Waals surface area (Å²) in [6.45, 7) is 10.2. The van der Waals surface area contributed by atoms with Gasteiger partial charge < -0.3 is 14.7 Å². The quantitative estimate of drug-likeness (QED) is 0.510. The smallest absolute Gasteiger partial charge is 0.319 e. The molecule has 2 saturated heterocycles. The van der Waals surface area contributed by atoms with E-state index in [4.69, 9.17) is 0 Å². The fourth-order valence-electron chi connectivity index (χ4n) is 4.42. The highest BCUT2D eigenvalue weighted by atomic mass is 16.6. The van der Waals surface area contributed by atoms with E-state index in [1.165, 1.54) is 6.07 Å². The molecule has 0 unspecified atom stereocenters. The van der Waals surface area contributed by atoms with Gasteiger partial charge in [0.05, 0.1) is 4.92 Å². The van der Waals surface area contributed by atoms with Gasteiger partial charge in [0.1, 0.15) is 0 Å². The number of nitro benzene ring substituents is 1. The first-order valence-electron chi connectivity index (χ1n) is 11.2. The van der Waals surface area contributed by atoms with Crippen LogP contribution in [0.1, 0.15) is 32.3 Å². The molecule has 2 heterocycles. The van der Waals surface area contributed by atoms with Crippen molar-refractivity contribution in [3.8, 4) is 0 Å². The Hall–Kier alpha value is -2.68. The van der Waals surface area contributed by atoms with Crippen LogP contribution in [0.15, 0.2) is 24.3 Å². The van der Waals surface area contributed by atoms with Gasteiger partial charge in [-0.1, -0.05) is 12.1 Å². The lowest BCUT2D eigenvalue weighted by molar-refractivity contribution is -0.384. The van der Waals surface area contributed by atoms with E-state index in [1.54, 1.807) is 12.1 Å². The van der Waals surface area contributed by atoms with Gasteiger partial charge in [-0.25, -0.2) is 4.79 Å². The third-order valence-corrected chi connectivity index (χ3v) is 6.36. The average molecular weight is 432 g/mol. The standard InChI is InChI=1S/C22H33N5O4/c1-3-24(4-2)22(29)26-10-8-19(9-11-26)21(28)25-14-12-23(13-15-25)17-18-6-5-7-20(16-18)27(30)31/h5-7,16,19H,3-4,8-15,17H2,1-2H3. The molecule has 2 aliphatic heterocycles. The number of carbonyl (C=O) groups is 2. The summed E-state index contributed by atoms with van der Waals surface area (Å²) in [6, 6.07) is 6.81. The van der Waals surface area contributed by atoms with Gasteiger partial charge in [-0.15, -0.1) is 0 Å². The Labute approximate surface area is 183 Å². The summed E-state index contributed by atoms with van der Waals surface area (Å²) in [6.07, 6.45) is 1.44. The summed E-state index contributed by atoms with van der Waals surface area (Å²) in [7, 11) is 0. The van der Waals surface area contributed by atoms with Crippen LogP contribution in [0.5, 0.6) is 0 Å². The fraction of sp³-hybridized carbons (Fsp3) is 0.636. The predicted molar refractivity (Wildman–Crippen MR) is 118 cm³/mol. The minimum atomic E-state index is -0.374. The van der Waals surface area contributed by atoms with Crippen molar-refractivity contribution < 1.29 is 14.5 Å². The van der Waals surface area contributed by atoms with Crippen LogP contribution in [-0.2, 0) is 11.3 Å². The van der Waals surface area contributed by atoms with Crippen molar-refractivity contribution >= 4 is 17.6 Å². The second kappa shape index (κ2) is 10.6. The summed E-state index contributed by atoms with van der Waals surface area (Å²) in [5.41, 5.74) is 1.02. The van der Waals surface area contributed by atoms with Crippen LogP contribution in [0.4, 0.5) is 10.5 Å². The van der Waals surface area contributed by atoms with Gasteiger partial charge in [-0.05, 0) is 32.3 Å². The van der Waals surface area contributed by atoms with E-state index < -0.39 is 0 Å². The first-order valence-corrected chi connectivity index (χ1v) is 11.2. The Balaban J connectivity index is 1.45. The summed E-state index contributed by atoms with van der Waals surface area (Å²) in [5, 5.41) is 11.0. The van der Waals surface area contributed by atoms with Gasteiger partial charge >= 0.3 is 6.03 Å². The van der Waals surface area contributed by atoms with Crippen LogP contribution in [0.2, 0.25) is 0 Å². The van der Waals surface area contributed by atoms with Crippen LogP contribution in [0, 0.1) is 16.0 Å². The van der Waals surface area contributed by atoms with E-state index in [0.717, 1.165) is 31.5 Å². The van der Waals surface area contributed by atoms with E-state index in [0.29, 0.717) is 45.8 Å². The van der Waals surface area contributed by atoms with Crippen molar-refractivity contribution in [2.24, 2.45) is 5.92 Å². The van der Waals surface area contributed by atoms with Crippen LogP contribution in [-0.4, -0.2) is 88.8 Å². The average Bonchev–Trinajstić information content (AvgIpc) is 2.80. The lowest BCUT2D eigenvalue weighted by Crippen LogP contribution is -2.52. The van der Waals surface area contributed by atoms with Gasteiger partial charge in [0.2, 0.25) is 5.91 Å². The van der Waals surface area contributed by atoms with Crippen LogP contribution < -0.4 is 0 Å². The molecule has 0 atom stereocenters. The predicted octanol–water partition coefficient (Wildman–Crippen LogP) is 2.41. The van der Waals surface area contributed by atoms with Crippen molar-refractivity contribution in [3.63, 3.8) is 0 Å². The van der Waals surface area contributed by atoms with Gasteiger partial charge in [-0.3, -0.25) is 19.8 Å². The monoisotopic (exact) mass is 431 g/mol. The highest BCUT2D eigenvalue weighted by molar-refractivity contribution is 5.80. The first-order chi connectivity index (χ1) is 14.9. The van der Waals surface area contributed by atoms with E-state index in [2.05, 4.69) is 4.90 Å². The van der Waals surface area contributed by atoms with Crippen LogP contribution in [0.3, 0.4) is 0 Å². The van der Waals surface area contributed by atoms with Gasteiger partial charge in [0, 0.05) is 77.0 Å². The second-order valence-corrected chi connectivity index (χ2v) is 8.24. The lowest BCUT2D eigenvalue weighted by atomic mass is 9.95. The van der Waals surface area contributed by atoms with Gasteiger partial charge in [-0.2, -0.15) is 0 Å². The number of amides is 3. The molecular weight excluding hydrogens is 398 g/mol. The molecule has 3 rings (SSSR count). The van der Waals surface area contributed by atoms with Crippen molar-refractivity contribution in [2.45, 2.75) is 33.2 Å². The number of piperazine rings is 1. The molecule has 0 spiro atoms. The molecule has 1 aromatic rings. The third kappa shape index (κ3) is 5.72. The maximum Gasteiger partial charge on any atom is 0.319 e. The topological polar surface area (TPSA) is 90.2 Å². The number of carbonyl (C=O) groups excluding carboxylic acids is 2. The molecule has 0 N–H and O–H groups in total. The molecule has 9 nitrogen and oxygen atoms in total. The number of likely N-dealkylation sites (tertiary alicyclic amines) is 1. The molecule has 0 radical (unpaired) electrons. The number of nitrogens with zero attached hydrogens (tertiary/aromatic N) is 5. The summed E-state index contributed by atoms with van der Waals surface area (Å²) in [5.74, 6) is 0.189. The molecule has 9 heteroatoms. The SMILES string of the molecule is CCN(CC)C(=O)N1CCC(C(=O)N2CCN(Cc3cccc([N+](=O)[O-])c3)CC2)CC1. The van der Waals surface area contributed by atoms with Gasteiger partial charge in [0.25, 0.3) is 5.69 Å². The van der Waals surface area contributed by atoms with Crippen molar-refractivity contribution in [2.75, 3.05) is 52.4 Å². The molecule has 31 heavy (non-hydrogen) atoms. The Morgan fingerprint density at radius 1 is 1.03 bits per heavy atom. The Kier molecular flexibility index (Phi) is 7.84. The molecule has 0 bridgehead atoms. The van der Waals surface area contributed by atoms with Crippen molar-refractivity contribution in [1.82, 2.24) is 19.6 Å². The molecule has 0 saturated carbocycles. The molecule has 0 aliphatic carbocycles. The third-order valence-electron chi connectivity index (χ3n) is 6.36. The summed E-state index contributed by atoms with van der Waals surface area (Å²) < 4.78 is 0. The zero-order valence-electron chi connectivity index (χ0n) is 18.5. The summed E-state index contributed by atoms with van der Waals surface area (Å²) in [4.78, 5) is 43.9. The number of non-ortho nitro benzene ring substituents is 1. The Morgan fingerprint density at radius 2 is 1.68 bits per heavy atom. The molecule has 3 amide bonds. The fourth-order valence-corrected chi connectivity index (χ4v) is 4.42. The second-order valence-electron chi connectivity index (χ2n) is 8.24. The normalized spacial score (nSPS) is 18.1. The molecule has 1 aromatic carbocycles. The largest absolute Gasteiger partial charge is 0.340 e. The van der Waals surface area contributed by atoms with Crippen LogP contribution >= 0.6 is 0 Å². The molecule has 170 valence electrons. The van der Waals surface area contributed by atoms with E-state index in [-0.39, 0.29) is 28.5 Å². The summed E-state index contributed by atoms with van der Waals surface area (Å²) >= 11 is 0. The lowest BCUT2D eigenvalue weighted by Gasteiger charge is -2.39. The molecule has 2 fully saturated rings. The van der Waals surface area contributed by atoms with Crippen molar-refractivity contribution in [3.05, 3.63) is 39.9 Å². The maximum atomic E-state index is 13.0. The number of nitro groups is 1. The van der Waals surface area contributed by atoms with E-state index in [1.807, 2.05) is 34.6 Å². The number of rotatable bonds is 6. The first kappa shape index (κ1) is 23.0. The molecule has 2 aliphatic rings. The van der Waals surface area contributed by atoms with Crippen molar-refractivity contribution in [1.29, 1.82) is 0 Å². The van der Waals surface area contributed by atoms with Gasteiger partial charge in [0.15, 0.2) is 0 Å².